The molecule has 0 spiro atoms. The second-order valence-electron chi connectivity index (χ2n) is 6.56. The van der Waals surface area contributed by atoms with E-state index in [2.05, 4.69) is 5.32 Å². The van der Waals surface area contributed by atoms with E-state index in [1.807, 2.05) is 0 Å². The molecule has 2 rings (SSSR count). The van der Waals surface area contributed by atoms with Gasteiger partial charge in [0.05, 0.1) is 19.2 Å². The van der Waals surface area contributed by atoms with Gasteiger partial charge in [0.1, 0.15) is 0 Å². The summed E-state index contributed by atoms with van der Waals surface area (Å²) in [6, 6.07) is 0. The van der Waals surface area contributed by atoms with Gasteiger partial charge in [-0.1, -0.05) is 19.3 Å². The summed E-state index contributed by atoms with van der Waals surface area (Å²) in [7, 11) is 0. The highest BCUT2D eigenvalue weighted by molar-refractivity contribution is 5.85. The molecule has 2 atom stereocenters. The van der Waals surface area contributed by atoms with Crippen molar-refractivity contribution in [1.29, 1.82) is 0 Å². The van der Waals surface area contributed by atoms with Crippen molar-refractivity contribution in [3.63, 3.8) is 0 Å². The molecule has 1 aliphatic carbocycles. The Kier molecular flexibility index (Phi) is 6.38. The van der Waals surface area contributed by atoms with Crippen LogP contribution in [0.1, 0.15) is 45.4 Å². The largest absolute Gasteiger partial charge is 0.479 e. The van der Waals surface area contributed by atoms with Gasteiger partial charge in [-0.3, -0.25) is 9.59 Å². The molecule has 2 fully saturated rings. The van der Waals surface area contributed by atoms with Gasteiger partial charge in [0.25, 0.3) is 0 Å². The van der Waals surface area contributed by atoms with E-state index >= 15 is 0 Å². The summed E-state index contributed by atoms with van der Waals surface area (Å²) < 4.78 is 5.27. The van der Waals surface area contributed by atoms with Crippen LogP contribution in [0.4, 0.5) is 0 Å². The minimum atomic E-state index is -1.07. The lowest BCUT2D eigenvalue weighted by Crippen LogP contribution is -2.53. The molecule has 2 aliphatic rings. The second kappa shape index (κ2) is 8.29. The monoisotopic (exact) mass is 326 g/mol. The van der Waals surface area contributed by atoms with Crippen molar-refractivity contribution in [2.75, 3.05) is 19.6 Å². The van der Waals surface area contributed by atoms with Crippen LogP contribution >= 0.6 is 0 Å². The Hall–Kier alpha value is -1.63. The van der Waals surface area contributed by atoms with Crippen molar-refractivity contribution in [2.24, 2.45) is 5.92 Å². The van der Waals surface area contributed by atoms with Crippen molar-refractivity contribution in [3.8, 4) is 0 Å². The fraction of sp³-hybridized carbons (Fsp3) is 0.812. The number of hydrogen-bond donors (Lipinski definition) is 2. The molecule has 1 saturated carbocycles. The first kappa shape index (κ1) is 17.7. The van der Waals surface area contributed by atoms with Crippen LogP contribution in [0.5, 0.6) is 0 Å². The van der Waals surface area contributed by atoms with Crippen LogP contribution in [-0.4, -0.2) is 59.6 Å². The average molecular weight is 326 g/mol. The van der Waals surface area contributed by atoms with Crippen molar-refractivity contribution in [3.05, 3.63) is 0 Å². The highest BCUT2D eigenvalue weighted by atomic mass is 16.5. The van der Waals surface area contributed by atoms with E-state index in [4.69, 9.17) is 9.84 Å². The molecule has 0 aromatic heterocycles. The number of amides is 2. The fourth-order valence-electron chi connectivity index (χ4n) is 3.30. The summed E-state index contributed by atoms with van der Waals surface area (Å²) in [6.45, 7) is 2.03. The zero-order valence-corrected chi connectivity index (χ0v) is 13.6. The summed E-state index contributed by atoms with van der Waals surface area (Å²) >= 11 is 0. The van der Waals surface area contributed by atoms with Crippen LogP contribution in [0, 0.1) is 5.92 Å². The van der Waals surface area contributed by atoms with Gasteiger partial charge >= 0.3 is 5.97 Å². The van der Waals surface area contributed by atoms with Crippen molar-refractivity contribution in [2.45, 2.75) is 57.7 Å². The van der Waals surface area contributed by atoms with Gasteiger partial charge in [0.15, 0.2) is 6.10 Å². The Bertz CT molecular complexity index is 448. The third-order valence-electron chi connectivity index (χ3n) is 4.52. The Morgan fingerprint density at radius 1 is 1.17 bits per heavy atom. The number of hydrogen-bond acceptors (Lipinski definition) is 4. The number of carboxylic acids is 1. The highest BCUT2D eigenvalue weighted by Crippen LogP contribution is 2.26. The maximum atomic E-state index is 12.2. The second-order valence-corrected chi connectivity index (χ2v) is 6.56. The molecule has 0 bridgehead atoms. The number of ether oxygens (including phenoxy) is 1. The molecule has 0 radical (unpaired) electrons. The number of nitrogens with one attached hydrogen (secondary N) is 1. The van der Waals surface area contributed by atoms with E-state index in [9.17, 15) is 14.4 Å². The van der Waals surface area contributed by atoms with Gasteiger partial charge in [-0.25, -0.2) is 4.79 Å². The Morgan fingerprint density at radius 2 is 1.87 bits per heavy atom. The minimum Gasteiger partial charge on any atom is -0.479 e. The maximum Gasteiger partial charge on any atom is 0.334 e. The first-order chi connectivity index (χ1) is 11.0. The predicted octanol–water partition coefficient (Wildman–Crippen LogP) is 0.774. The van der Waals surface area contributed by atoms with E-state index in [-0.39, 0.29) is 31.0 Å². The van der Waals surface area contributed by atoms with E-state index in [1.165, 1.54) is 24.2 Å². The minimum absolute atomic E-state index is 0.0248. The summed E-state index contributed by atoms with van der Waals surface area (Å²) in [4.78, 5) is 36.6. The predicted molar refractivity (Wildman–Crippen MR) is 82.8 cm³/mol. The normalized spacial score (nSPS) is 25.9. The molecule has 7 heteroatoms. The molecule has 1 saturated heterocycles. The zero-order chi connectivity index (χ0) is 16.8. The molecular formula is C16H26N2O5. The van der Waals surface area contributed by atoms with Gasteiger partial charge in [0.2, 0.25) is 11.8 Å². The molecule has 0 aromatic rings. The average Bonchev–Trinajstić information content (AvgIpc) is 2.53. The van der Waals surface area contributed by atoms with Crippen LogP contribution < -0.4 is 5.32 Å². The Labute approximate surface area is 136 Å². The van der Waals surface area contributed by atoms with Crippen LogP contribution in [0.15, 0.2) is 0 Å². The van der Waals surface area contributed by atoms with Crippen LogP contribution in [0.3, 0.4) is 0 Å². The van der Waals surface area contributed by atoms with Crippen molar-refractivity contribution in [1.82, 2.24) is 10.2 Å². The standard InChI is InChI=1S/C16H26N2O5/c1-11-9-18(10-13(23-11)16(21)22)15(20)8-17-14(19)7-12-5-3-2-4-6-12/h11-13H,2-10H2,1H3,(H,17,19)(H,21,22)/t11-,13?/m1/s1. The Morgan fingerprint density at radius 3 is 2.52 bits per heavy atom. The van der Waals surface area contributed by atoms with Crippen LogP contribution in [-0.2, 0) is 19.1 Å². The van der Waals surface area contributed by atoms with Crippen molar-refractivity contribution >= 4 is 17.8 Å². The van der Waals surface area contributed by atoms with E-state index in [1.54, 1.807) is 6.92 Å². The maximum absolute atomic E-state index is 12.2. The van der Waals surface area contributed by atoms with Gasteiger partial charge in [0, 0.05) is 13.0 Å². The molecule has 7 nitrogen and oxygen atoms in total. The van der Waals surface area contributed by atoms with E-state index in [0.717, 1.165) is 12.8 Å². The number of carbonyl (C=O) groups is 3. The van der Waals surface area contributed by atoms with Gasteiger partial charge in [-0.15, -0.1) is 0 Å². The number of aliphatic carboxylic acids is 1. The SMILES string of the molecule is C[C@@H]1CN(C(=O)CNC(=O)CC2CCCCC2)CC(C(=O)O)O1. The van der Waals surface area contributed by atoms with Crippen LogP contribution in [0.25, 0.3) is 0 Å². The summed E-state index contributed by atoms with van der Waals surface area (Å²) in [5, 5.41) is 11.7. The molecule has 1 heterocycles. The molecule has 130 valence electrons. The molecular weight excluding hydrogens is 300 g/mol. The molecule has 0 aromatic carbocycles. The lowest BCUT2D eigenvalue weighted by Gasteiger charge is -2.35. The smallest absolute Gasteiger partial charge is 0.334 e. The van der Waals surface area contributed by atoms with Crippen molar-refractivity contribution < 1.29 is 24.2 Å². The lowest BCUT2D eigenvalue weighted by molar-refractivity contribution is -0.166. The molecule has 23 heavy (non-hydrogen) atoms. The third kappa shape index (κ3) is 5.49. The number of carbonyl (C=O) groups excluding carboxylic acids is 2. The first-order valence-electron chi connectivity index (χ1n) is 8.38. The van der Waals surface area contributed by atoms with E-state index < -0.39 is 12.1 Å². The fourth-order valence-corrected chi connectivity index (χ4v) is 3.30. The highest BCUT2D eigenvalue weighted by Gasteiger charge is 2.32. The van der Waals surface area contributed by atoms with Crippen LogP contribution in [0.2, 0.25) is 0 Å². The summed E-state index contributed by atoms with van der Waals surface area (Å²) in [6.07, 6.45) is 4.93. The molecule has 1 unspecified atom stereocenters. The number of carboxylic acid groups (broad SMARTS) is 1. The molecule has 1 aliphatic heterocycles. The van der Waals surface area contributed by atoms with E-state index in [0.29, 0.717) is 18.9 Å². The van der Waals surface area contributed by atoms with Gasteiger partial charge in [-0.2, -0.15) is 0 Å². The zero-order valence-electron chi connectivity index (χ0n) is 13.6. The number of nitrogens with zero attached hydrogens (tertiary/aromatic N) is 1. The lowest BCUT2D eigenvalue weighted by atomic mass is 9.87. The number of morpholine rings is 1. The first-order valence-corrected chi connectivity index (χ1v) is 8.38. The van der Waals surface area contributed by atoms with Gasteiger partial charge in [-0.05, 0) is 25.7 Å². The van der Waals surface area contributed by atoms with Gasteiger partial charge < -0.3 is 20.1 Å². The molecule has 2 amide bonds. The Balaban J connectivity index is 1.74. The number of rotatable bonds is 5. The summed E-state index contributed by atoms with van der Waals surface area (Å²) in [5.74, 6) is -1.00. The summed E-state index contributed by atoms with van der Waals surface area (Å²) in [5.41, 5.74) is 0. The third-order valence-corrected chi connectivity index (χ3v) is 4.52. The topological polar surface area (TPSA) is 95.9 Å². The quantitative estimate of drug-likeness (QED) is 0.778. The molecule has 2 N–H and O–H groups in total.